The minimum atomic E-state index is 0.0865. The Morgan fingerprint density at radius 1 is 0.419 bits per heavy atom. The van der Waals surface area contributed by atoms with Gasteiger partial charge in [-0.1, -0.05) is 99.1 Å². The highest BCUT2D eigenvalue weighted by Crippen LogP contribution is 2.38. The van der Waals surface area contributed by atoms with Crippen molar-refractivity contribution in [1.82, 2.24) is 9.13 Å². The van der Waals surface area contributed by atoms with Gasteiger partial charge in [-0.25, -0.2) is 0 Å². The van der Waals surface area contributed by atoms with E-state index in [9.17, 15) is 0 Å². The number of nitrogens with zero attached hydrogens (tertiary/aromatic N) is 2. The Balaban J connectivity index is 1.32. The normalized spacial score (nSPS) is 12.2. The SMILES string of the molecule is Cc1ccc(-n2c3ccccc3c3cc(-c4ccc5c(c4)c4ccccc4n5-c4cccc(C(C)(C)C)c4)ccc32)cc1. The number of para-hydroxylation sites is 2. The molecule has 0 fully saturated rings. The zero-order valence-corrected chi connectivity index (χ0v) is 25.1. The first-order valence-electron chi connectivity index (χ1n) is 15.1. The van der Waals surface area contributed by atoms with E-state index in [2.05, 4.69) is 170 Å². The van der Waals surface area contributed by atoms with Crippen LogP contribution in [0.3, 0.4) is 0 Å². The van der Waals surface area contributed by atoms with Crippen molar-refractivity contribution in [2.75, 3.05) is 0 Å². The van der Waals surface area contributed by atoms with Gasteiger partial charge in [-0.15, -0.1) is 0 Å². The highest BCUT2D eigenvalue weighted by atomic mass is 15.0. The van der Waals surface area contributed by atoms with Crippen LogP contribution < -0.4 is 0 Å². The average molecular weight is 555 g/mol. The fourth-order valence-electron chi connectivity index (χ4n) is 6.67. The molecule has 43 heavy (non-hydrogen) atoms. The second-order valence-electron chi connectivity index (χ2n) is 12.8. The molecule has 0 amide bonds. The van der Waals surface area contributed by atoms with Crippen LogP contribution in [0.1, 0.15) is 31.9 Å². The molecule has 208 valence electrons. The number of aromatic nitrogens is 2. The monoisotopic (exact) mass is 554 g/mol. The van der Waals surface area contributed by atoms with E-state index >= 15 is 0 Å². The van der Waals surface area contributed by atoms with E-state index in [4.69, 9.17) is 0 Å². The highest BCUT2D eigenvalue weighted by Gasteiger charge is 2.18. The first-order chi connectivity index (χ1) is 20.9. The number of hydrogen-bond acceptors (Lipinski definition) is 0. The maximum Gasteiger partial charge on any atom is 0.0541 e. The molecule has 2 heterocycles. The van der Waals surface area contributed by atoms with E-state index in [-0.39, 0.29) is 5.41 Å². The van der Waals surface area contributed by atoms with Gasteiger partial charge in [0.25, 0.3) is 0 Å². The Labute approximate surface area is 252 Å². The van der Waals surface area contributed by atoms with Crippen molar-refractivity contribution in [1.29, 1.82) is 0 Å². The van der Waals surface area contributed by atoms with Gasteiger partial charge in [0.15, 0.2) is 0 Å². The number of benzene rings is 6. The third-order valence-electron chi connectivity index (χ3n) is 8.94. The van der Waals surface area contributed by atoms with Crippen molar-refractivity contribution in [3.63, 3.8) is 0 Å². The number of rotatable bonds is 3. The smallest absolute Gasteiger partial charge is 0.0541 e. The van der Waals surface area contributed by atoms with Gasteiger partial charge in [0.05, 0.1) is 22.1 Å². The van der Waals surface area contributed by atoms with Gasteiger partial charge in [-0.2, -0.15) is 0 Å². The number of aryl methyl sites for hydroxylation is 1. The molecule has 6 aromatic carbocycles. The lowest BCUT2D eigenvalue weighted by Gasteiger charge is -2.20. The summed E-state index contributed by atoms with van der Waals surface area (Å²) >= 11 is 0. The zero-order valence-electron chi connectivity index (χ0n) is 25.1. The average Bonchev–Trinajstić information content (AvgIpc) is 3.53. The summed E-state index contributed by atoms with van der Waals surface area (Å²) in [6.07, 6.45) is 0. The third-order valence-corrected chi connectivity index (χ3v) is 8.94. The van der Waals surface area contributed by atoms with Gasteiger partial charge in [0.2, 0.25) is 0 Å². The van der Waals surface area contributed by atoms with E-state index in [1.807, 2.05) is 0 Å². The van der Waals surface area contributed by atoms with Crippen LogP contribution in [0.4, 0.5) is 0 Å². The van der Waals surface area contributed by atoms with Gasteiger partial charge >= 0.3 is 0 Å². The van der Waals surface area contributed by atoms with Crippen LogP contribution in [0.15, 0.2) is 133 Å². The Bertz CT molecular complexity index is 2320. The zero-order chi connectivity index (χ0) is 29.3. The lowest BCUT2D eigenvalue weighted by Crippen LogP contribution is -2.11. The Hall–Kier alpha value is -5.08. The molecule has 0 bridgehead atoms. The Morgan fingerprint density at radius 2 is 0.930 bits per heavy atom. The molecule has 0 radical (unpaired) electrons. The van der Waals surface area contributed by atoms with E-state index < -0.39 is 0 Å². The molecule has 0 atom stereocenters. The molecule has 2 aromatic heterocycles. The molecule has 8 aromatic rings. The standard InChI is InChI=1S/C41H34N2/c1-27-16-20-31(21-17-27)42-37-14-7-5-12-33(37)35-24-28(18-22-39(35)42)29-19-23-40-36(25-29)34-13-6-8-15-38(34)43(40)32-11-9-10-30(26-32)41(2,3)4/h5-26H,1-4H3. The molecule has 0 N–H and O–H groups in total. The first-order valence-corrected chi connectivity index (χ1v) is 15.1. The first kappa shape index (κ1) is 25.6. The molecule has 0 saturated heterocycles. The quantitative estimate of drug-likeness (QED) is 0.206. The summed E-state index contributed by atoms with van der Waals surface area (Å²) in [5.41, 5.74) is 12.5. The van der Waals surface area contributed by atoms with Crippen LogP contribution in [0.2, 0.25) is 0 Å². The molecular weight excluding hydrogens is 520 g/mol. The van der Waals surface area contributed by atoms with Crippen molar-refractivity contribution >= 4 is 43.6 Å². The summed E-state index contributed by atoms with van der Waals surface area (Å²) < 4.78 is 4.80. The third kappa shape index (κ3) is 4.09. The lowest BCUT2D eigenvalue weighted by atomic mass is 9.87. The molecule has 8 rings (SSSR count). The molecular formula is C41H34N2. The van der Waals surface area contributed by atoms with Crippen LogP contribution in [0.5, 0.6) is 0 Å². The Morgan fingerprint density at radius 3 is 1.49 bits per heavy atom. The fraction of sp³-hybridized carbons (Fsp3) is 0.122. The predicted octanol–water partition coefficient (Wildman–Crippen LogP) is 11.2. The molecule has 2 heteroatoms. The number of fused-ring (bicyclic) bond motifs is 6. The van der Waals surface area contributed by atoms with Gasteiger partial charge in [0, 0.05) is 32.9 Å². The van der Waals surface area contributed by atoms with Crippen LogP contribution in [0, 0.1) is 6.92 Å². The summed E-state index contributed by atoms with van der Waals surface area (Å²) in [7, 11) is 0. The van der Waals surface area contributed by atoms with Crippen LogP contribution in [-0.2, 0) is 5.41 Å². The van der Waals surface area contributed by atoms with Crippen LogP contribution >= 0.6 is 0 Å². The van der Waals surface area contributed by atoms with Crippen molar-refractivity contribution in [2.45, 2.75) is 33.1 Å². The van der Waals surface area contributed by atoms with E-state index in [0.717, 1.165) is 0 Å². The Kier molecular flexibility index (Phi) is 5.64. The van der Waals surface area contributed by atoms with E-state index in [1.165, 1.54) is 77.2 Å². The molecule has 0 saturated carbocycles. The van der Waals surface area contributed by atoms with Crippen LogP contribution in [0.25, 0.3) is 66.1 Å². The highest BCUT2D eigenvalue weighted by molar-refractivity contribution is 6.12. The largest absolute Gasteiger partial charge is 0.309 e. The van der Waals surface area contributed by atoms with Gasteiger partial charge in [-0.3, -0.25) is 0 Å². The maximum atomic E-state index is 2.42. The van der Waals surface area contributed by atoms with Gasteiger partial charge in [-0.05, 0) is 89.7 Å². The van der Waals surface area contributed by atoms with Crippen molar-refractivity contribution in [3.05, 3.63) is 145 Å². The topological polar surface area (TPSA) is 9.86 Å². The summed E-state index contributed by atoms with van der Waals surface area (Å²) in [4.78, 5) is 0. The molecule has 0 aliphatic heterocycles. The van der Waals surface area contributed by atoms with E-state index in [1.54, 1.807) is 0 Å². The number of hydrogen-bond donors (Lipinski definition) is 0. The summed E-state index contributed by atoms with van der Waals surface area (Å²) in [6.45, 7) is 8.97. The minimum absolute atomic E-state index is 0.0865. The van der Waals surface area contributed by atoms with E-state index in [0.29, 0.717) is 0 Å². The van der Waals surface area contributed by atoms with Gasteiger partial charge in [0.1, 0.15) is 0 Å². The second kappa shape index (κ2) is 9.47. The summed E-state index contributed by atoms with van der Waals surface area (Å²) in [5.74, 6) is 0. The second-order valence-corrected chi connectivity index (χ2v) is 12.8. The van der Waals surface area contributed by atoms with Crippen molar-refractivity contribution in [2.24, 2.45) is 0 Å². The molecule has 0 unspecified atom stereocenters. The predicted molar refractivity (Wildman–Crippen MR) is 184 cm³/mol. The fourth-order valence-corrected chi connectivity index (χ4v) is 6.67. The minimum Gasteiger partial charge on any atom is -0.309 e. The van der Waals surface area contributed by atoms with Crippen LogP contribution in [-0.4, -0.2) is 9.13 Å². The molecule has 0 spiro atoms. The van der Waals surface area contributed by atoms with Crippen molar-refractivity contribution < 1.29 is 0 Å². The van der Waals surface area contributed by atoms with Crippen molar-refractivity contribution in [3.8, 4) is 22.5 Å². The summed E-state index contributed by atoms with van der Waals surface area (Å²) in [6, 6.07) is 49.2. The summed E-state index contributed by atoms with van der Waals surface area (Å²) in [5, 5.41) is 5.10. The molecule has 0 aliphatic carbocycles. The van der Waals surface area contributed by atoms with Gasteiger partial charge < -0.3 is 9.13 Å². The molecule has 2 nitrogen and oxygen atoms in total. The lowest BCUT2D eigenvalue weighted by molar-refractivity contribution is 0.590. The molecule has 0 aliphatic rings. The maximum absolute atomic E-state index is 2.42.